The molecule has 1 aliphatic heterocycles. The Bertz CT molecular complexity index is 524. The number of aryl methyl sites for hydroxylation is 2. The van der Waals surface area contributed by atoms with Crippen molar-refractivity contribution in [1.29, 1.82) is 0 Å². The molecule has 108 valence electrons. The number of likely N-dealkylation sites (tertiary alicyclic amines) is 1. The normalized spacial score (nSPS) is 19.5. The first-order valence-corrected chi connectivity index (χ1v) is 7.11. The van der Waals surface area contributed by atoms with E-state index in [4.69, 9.17) is 0 Å². The van der Waals surface area contributed by atoms with E-state index in [-0.39, 0.29) is 5.91 Å². The molecule has 1 heterocycles. The minimum absolute atomic E-state index is 0.152. The van der Waals surface area contributed by atoms with Crippen LogP contribution in [0.4, 0.5) is 0 Å². The standard InChI is InChI=1S/C16H21NO3/c1-11-7-8-12(2)13(10-11)15(18)17-9-5-3-4-6-14(17)16(19)20/h7-8,10,14H,3-6,9H2,1-2H3,(H,19,20). The number of amides is 1. The Morgan fingerprint density at radius 2 is 1.95 bits per heavy atom. The Hall–Kier alpha value is -1.84. The molecule has 2 rings (SSSR count). The van der Waals surface area contributed by atoms with Crippen molar-refractivity contribution in [2.24, 2.45) is 0 Å². The fraction of sp³-hybridized carbons (Fsp3) is 0.500. The van der Waals surface area contributed by atoms with Gasteiger partial charge in [0.2, 0.25) is 0 Å². The minimum atomic E-state index is -0.898. The molecule has 1 N–H and O–H groups in total. The molecule has 0 saturated carbocycles. The lowest BCUT2D eigenvalue weighted by molar-refractivity contribution is -0.142. The highest BCUT2D eigenvalue weighted by molar-refractivity contribution is 5.98. The van der Waals surface area contributed by atoms with Crippen LogP contribution in [-0.4, -0.2) is 34.5 Å². The zero-order valence-electron chi connectivity index (χ0n) is 12.1. The smallest absolute Gasteiger partial charge is 0.326 e. The molecule has 0 bridgehead atoms. The minimum Gasteiger partial charge on any atom is -0.480 e. The van der Waals surface area contributed by atoms with E-state index in [0.29, 0.717) is 18.5 Å². The third-order valence-electron chi connectivity index (χ3n) is 3.92. The van der Waals surface area contributed by atoms with Crippen LogP contribution in [0.15, 0.2) is 18.2 Å². The Morgan fingerprint density at radius 1 is 1.20 bits per heavy atom. The largest absolute Gasteiger partial charge is 0.480 e. The predicted molar refractivity (Wildman–Crippen MR) is 76.8 cm³/mol. The van der Waals surface area contributed by atoms with Crippen LogP contribution in [0, 0.1) is 13.8 Å². The quantitative estimate of drug-likeness (QED) is 0.903. The van der Waals surface area contributed by atoms with Crippen LogP contribution in [0.3, 0.4) is 0 Å². The summed E-state index contributed by atoms with van der Waals surface area (Å²) in [5.41, 5.74) is 2.53. The third kappa shape index (κ3) is 3.00. The van der Waals surface area contributed by atoms with Crippen LogP contribution in [0.5, 0.6) is 0 Å². The van der Waals surface area contributed by atoms with Gasteiger partial charge in [-0.05, 0) is 38.3 Å². The molecule has 4 heteroatoms. The number of nitrogens with zero attached hydrogens (tertiary/aromatic N) is 1. The molecule has 1 aliphatic rings. The molecule has 1 unspecified atom stereocenters. The summed E-state index contributed by atoms with van der Waals surface area (Å²) < 4.78 is 0. The topological polar surface area (TPSA) is 57.6 Å². The van der Waals surface area contributed by atoms with Gasteiger partial charge in [0.25, 0.3) is 5.91 Å². The van der Waals surface area contributed by atoms with Gasteiger partial charge in [-0.3, -0.25) is 4.79 Å². The number of hydrogen-bond donors (Lipinski definition) is 1. The molecule has 0 spiro atoms. The number of carboxylic acids is 1. The van der Waals surface area contributed by atoms with Gasteiger partial charge >= 0.3 is 5.97 Å². The summed E-state index contributed by atoms with van der Waals surface area (Å²) >= 11 is 0. The van der Waals surface area contributed by atoms with Crippen LogP contribution in [0.25, 0.3) is 0 Å². The lowest BCUT2D eigenvalue weighted by Crippen LogP contribution is -2.44. The number of carbonyl (C=O) groups is 2. The fourth-order valence-corrected chi connectivity index (χ4v) is 2.73. The van der Waals surface area contributed by atoms with E-state index < -0.39 is 12.0 Å². The number of rotatable bonds is 2. The van der Waals surface area contributed by atoms with Gasteiger partial charge in [0.1, 0.15) is 6.04 Å². The van der Waals surface area contributed by atoms with Crippen molar-refractivity contribution >= 4 is 11.9 Å². The second-order valence-electron chi connectivity index (χ2n) is 5.52. The zero-order chi connectivity index (χ0) is 14.7. The monoisotopic (exact) mass is 275 g/mol. The maximum absolute atomic E-state index is 12.7. The van der Waals surface area contributed by atoms with E-state index in [0.717, 1.165) is 30.4 Å². The molecule has 1 amide bonds. The van der Waals surface area contributed by atoms with Crippen LogP contribution < -0.4 is 0 Å². The Labute approximate surface area is 119 Å². The lowest BCUT2D eigenvalue weighted by Gasteiger charge is -2.27. The first-order valence-electron chi connectivity index (χ1n) is 7.11. The fourth-order valence-electron chi connectivity index (χ4n) is 2.73. The van der Waals surface area contributed by atoms with Crippen molar-refractivity contribution < 1.29 is 14.7 Å². The molecular formula is C16H21NO3. The van der Waals surface area contributed by atoms with E-state index in [2.05, 4.69) is 0 Å². The Balaban J connectivity index is 2.33. The maximum Gasteiger partial charge on any atom is 0.326 e. The summed E-state index contributed by atoms with van der Waals surface area (Å²) in [6, 6.07) is 5.03. The van der Waals surface area contributed by atoms with E-state index in [1.807, 2.05) is 32.0 Å². The number of carboxylic acid groups (broad SMARTS) is 1. The van der Waals surface area contributed by atoms with E-state index in [1.165, 1.54) is 4.90 Å². The summed E-state index contributed by atoms with van der Waals surface area (Å²) in [5.74, 6) is -1.05. The Kier molecular flexibility index (Phi) is 4.42. The van der Waals surface area contributed by atoms with Gasteiger partial charge in [0, 0.05) is 12.1 Å². The van der Waals surface area contributed by atoms with Gasteiger partial charge in [0.05, 0.1) is 0 Å². The molecular weight excluding hydrogens is 254 g/mol. The molecule has 1 aromatic rings. The SMILES string of the molecule is Cc1ccc(C)c(C(=O)N2CCCCCC2C(=O)O)c1. The van der Waals surface area contributed by atoms with Gasteiger partial charge in [-0.15, -0.1) is 0 Å². The highest BCUT2D eigenvalue weighted by Gasteiger charge is 2.31. The predicted octanol–water partition coefficient (Wildman–Crippen LogP) is 2.77. The molecule has 20 heavy (non-hydrogen) atoms. The molecule has 0 radical (unpaired) electrons. The highest BCUT2D eigenvalue weighted by atomic mass is 16.4. The molecule has 1 atom stereocenters. The van der Waals surface area contributed by atoms with Gasteiger partial charge in [0.15, 0.2) is 0 Å². The van der Waals surface area contributed by atoms with Crippen molar-refractivity contribution in [2.45, 2.75) is 45.6 Å². The molecule has 4 nitrogen and oxygen atoms in total. The zero-order valence-corrected chi connectivity index (χ0v) is 12.1. The van der Waals surface area contributed by atoms with E-state index in [9.17, 15) is 14.7 Å². The van der Waals surface area contributed by atoms with Gasteiger partial charge in [-0.1, -0.05) is 30.5 Å². The highest BCUT2D eigenvalue weighted by Crippen LogP contribution is 2.21. The summed E-state index contributed by atoms with van der Waals surface area (Å²) in [6.07, 6.45) is 3.28. The average Bonchev–Trinajstić information content (AvgIpc) is 2.66. The molecule has 0 aromatic heterocycles. The van der Waals surface area contributed by atoms with Crippen LogP contribution >= 0.6 is 0 Å². The summed E-state index contributed by atoms with van der Waals surface area (Å²) in [6.45, 7) is 4.36. The number of hydrogen-bond acceptors (Lipinski definition) is 2. The van der Waals surface area contributed by atoms with Crippen LogP contribution in [0.2, 0.25) is 0 Å². The van der Waals surface area contributed by atoms with Crippen LogP contribution in [0.1, 0.15) is 47.2 Å². The Morgan fingerprint density at radius 3 is 2.65 bits per heavy atom. The maximum atomic E-state index is 12.7. The summed E-state index contributed by atoms with van der Waals surface area (Å²) in [4.78, 5) is 25.7. The first-order chi connectivity index (χ1) is 9.50. The van der Waals surface area contributed by atoms with E-state index in [1.54, 1.807) is 0 Å². The molecule has 1 aromatic carbocycles. The number of aliphatic carboxylic acids is 1. The average molecular weight is 275 g/mol. The second-order valence-corrected chi connectivity index (χ2v) is 5.52. The van der Waals surface area contributed by atoms with Crippen molar-refractivity contribution in [2.75, 3.05) is 6.54 Å². The third-order valence-corrected chi connectivity index (χ3v) is 3.92. The number of carbonyl (C=O) groups excluding carboxylic acids is 1. The number of benzene rings is 1. The second kappa shape index (κ2) is 6.07. The lowest BCUT2D eigenvalue weighted by atomic mass is 10.0. The van der Waals surface area contributed by atoms with Crippen molar-refractivity contribution in [3.63, 3.8) is 0 Å². The van der Waals surface area contributed by atoms with Gasteiger partial charge in [-0.2, -0.15) is 0 Å². The molecule has 1 fully saturated rings. The van der Waals surface area contributed by atoms with E-state index >= 15 is 0 Å². The van der Waals surface area contributed by atoms with Gasteiger partial charge < -0.3 is 10.0 Å². The van der Waals surface area contributed by atoms with Crippen molar-refractivity contribution in [3.8, 4) is 0 Å². The first kappa shape index (κ1) is 14.6. The van der Waals surface area contributed by atoms with Crippen molar-refractivity contribution in [3.05, 3.63) is 34.9 Å². The van der Waals surface area contributed by atoms with Crippen molar-refractivity contribution in [1.82, 2.24) is 4.90 Å². The summed E-state index contributed by atoms with van der Waals surface area (Å²) in [5, 5.41) is 9.36. The summed E-state index contributed by atoms with van der Waals surface area (Å²) in [7, 11) is 0. The molecule has 1 saturated heterocycles. The van der Waals surface area contributed by atoms with Crippen LogP contribution in [-0.2, 0) is 4.79 Å². The van der Waals surface area contributed by atoms with Gasteiger partial charge in [-0.25, -0.2) is 4.79 Å². The molecule has 0 aliphatic carbocycles.